The van der Waals surface area contributed by atoms with E-state index in [0.29, 0.717) is 17.7 Å². The highest BCUT2D eigenvalue weighted by molar-refractivity contribution is 7.92. The third kappa shape index (κ3) is 4.44. The van der Waals surface area contributed by atoms with E-state index in [1.807, 2.05) is 19.1 Å². The predicted molar refractivity (Wildman–Crippen MR) is 124 cm³/mol. The molecule has 3 aromatic rings. The maximum absolute atomic E-state index is 13.0. The van der Waals surface area contributed by atoms with Crippen molar-refractivity contribution in [2.45, 2.75) is 50.2 Å². The maximum atomic E-state index is 13.0. The fourth-order valence-corrected chi connectivity index (χ4v) is 6.53. The van der Waals surface area contributed by atoms with Crippen LogP contribution in [0.15, 0.2) is 52.7 Å². The van der Waals surface area contributed by atoms with Crippen molar-refractivity contribution < 1.29 is 8.42 Å². The van der Waals surface area contributed by atoms with Crippen molar-refractivity contribution in [2.75, 3.05) is 18.0 Å². The Labute approximate surface area is 183 Å². The highest BCUT2D eigenvalue weighted by Gasteiger charge is 2.32. The zero-order valence-electron chi connectivity index (χ0n) is 17.8. The van der Waals surface area contributed by atoms with Gasteiger partial charge >= 0.3 is 0 Å². The molecule has 0 aliphatic carbocycles. The number of nitrogens with zero attached hydrogens (tertiary/aromatic N) is 2. The second-order valence-corrected chi connectivity index (χ2v) is 11.3. The van der Waals surface area contributed by atoms with Crippen LogP contribution in [0.4, 0.5) is 5.13 Å². The molecule has 0 saturated carbocycles. The van der Waals surface area contributed by atoms with Crippen LogP contribution in [0, 0.1) is 20.8 Å². The molecular formula is C24H28N2O2S2. The molecule has 0 atom stereocenters. The van der Waals surface area contributed by atoms with Gasteiger partial charge in [-0.05, 0) is 62.4 Å². The minimum Gasteiger partial charge on any atom is -0.348 e. The smallest absolute Gasteiger partial charge is 0.185 e. The summed E-state index contributed by atoms with van der Waals surface area (Å²) in [4.78, 5) is 7.50. The Morgan fingerprint density at radius 3 is 2.37 bits per heavy atom. The third-order valence-corrected chi connectivity index (χ3v) is 9.23. The van der Waals surface area contributed by atoms with Crippen LogP contribution in [-0.2, 0) is 16.3 Å². The lowest BCUT2D eigenvalue weighted by atomic mass is 10.0. The van der Waals surface area contributed by atoms with Crippen molar-refractivity contribution in [1.82, 2.24) is 4.98 Å². The minimum atomic E-state index is -3.27. The van der Waals surface area contributed by atoms with Crippen molar-refractivity contribution in [3.63, 3.8) is 0 Å². The lowest BCUT2D eigenvalue weighted by Crippen LogP contribution is -2.39. The Morgan fingerprint density at radius 2 is 1.70 bits per heavy atom. The molecule has 0 bridgehead atoms. The molecule has 0 radical (unpaired) electrons. The summed E-state index contributed by atoms with van der Waals surface area (Å²) >= 11 is 1.65. The van der Waals surface area contributed by atoms with Gasteiger partial charge in [-0.3, -0.25) is 0 Å². The molecule has 158 valence electrons. The molecule has 0 unspecified atom stereocenters. The molecule has 6 heteroatoms. The van der Waals surface area contributed by atoms with E-state index < -0.39 is 9.84 Å². The van der Waals surface area contributed by atoms with Gasteiger partial charge in [-0.1, -0.05) is 35.9 Å². The Bertz CT molecular complexity index is 1130. The summed E-state index contributed by atoms with van der Waals surface area (Å²) in [6.07, 6.45) is 2.11. The van der Waals surface area contributed by atoms with E-state index in [1.54, 1.807) is 23.5 Å². The van der Waals surface area contributed by atoms with Gasteiger partial charge < -0.3 is 4.90 Å². The largest absolute Gasteiger partial charge is 0.348 e. The molecule has 2 aromatic carbocycles. The molecule has 1 fully saturated rings. The average Bonchev–Trinajstić information content (AvgIpc) is 3.20. The number of thiazole rings is 1. The molecule has 1 saturated heterocycles. The minimum absolute atomic E-state index is 0.313. The normalized spacial score (nSPS) is 15.5. The molecule has 4 nitrogen and oxygen atoms in total. The van der Waals surface area contributed by atoms with E-state index in [-0.39, 0.29) is 5.25 Å². The molecule has 4 rings (SSSR count). The summed E-state index contributed by atoms with van der Waals surface area (Å²) in [5.41, 5.74) is 6.04. The monoisotopic (exact) mass is 440 g/mol. The quantitative estimate of drug-likeness (QED) is 0.554. The van der Waals surface area contributed by atoms with Gasteiger partial charge in [0.1, 0.15) is 0 Å². The lowest BCUT2D eigenvalue weighted by Gasteiger charge is -2.31. The first kappa shape index (κ1) is 21.1. The fourth-order valence-electron chi connectivity index (χ4n) is 3.92. The number of benzene rings is 2. The third-order valence-electron chi connectivity index (χ3n) is 6.00. The van der Waals surface area contributed by atoms with Gasteiger partial charge in [-0.15, -0.1) is 11.3 Å². The second kappa shape index (κ2) is 8.52. The lowest BCUT2D eigenvalue weighted by molar-refractivity contribution is 0.529. The van der Waals surface area contributed by atoms with Gasteiger partial charge in [-0.2, -0.15) is 0 Å². The van der Waals surface area contributed by atoms with Gasteiger partial charge in [-0.25, -0.2) is 13.4 Å². The standard InChI is InChI=1S/C24H28N2O2S2/c1-17-4-8-22(9-5-17)30(27,28)23-10-12-26(13-11-23)24-25-21(16-29-24)15-20-7-6-18(2)19(3)14-20/h4-9,14,16,23H,10-13,15H2,1-3H3. The predicted octanol–water partition coefficient (Wildman–Crippen LogP) is 5.10. The number of anilines is 1. The Kier molecular flexibility index (Phi) is 5.98. The number of hydrogen-bond donors (Lipinski definition) is 0. The topological polar surface area (TPSA) is 50.3 Å². The van der Waals surface area contributed by atoms with Crippen molar-refractivity contribution in [3.8, 4) is 0 Å². The van der Waals surface area contributed by atoms with Crippen LogP contribution in [0.5, 0.6) is 0 Å². The summed E-state index contributed by atoms with van der Waals surface area (Å²) in [5.74, 6) is 0. The fraction of sp³-hybridized carbons (Fsp3) is 0.375. The first-order valence-corrected chi connectivity index (χ1v) is 12.8. The highest BCUT2D eigenvalue weighted by Crippen LogP contribution is 2.29. The van der Waals surface area contributed by atoms with Crippen molar-refractivity contribution >= 4 is 26.3 Å². The van der Waals surface area contributed by atoms with Crippen LogP contribution >= 0.6 is 11.3 Å². The number of piperidine rings is 1. The van der Waals surface area contributed by atoms with E-state index in [0.717, 1.165) is 35.9 Å². The molecule has 1 aliphatic heterocycles. The van der Waals surface area contributed by atoms with E-state index in [1.165, 1.54) is 16.7 Å². The number of aromatic nitrogens is 1. The van der Waals surface area contributed by atoms with E-state index >= 15 is 0 Å². The van der Waals surface area contributed by atoms with Crippen LogP contribution in [0.2, 0.25) is 0 Å². The SMILES string of the molecule is Cc1ccc(S(=O)(=O)C2CCN(c3nc(Cc4ccc(C)c(C)c4)cs3)CC2)cc1. The second-order valence-electron chi connectivity index (χ2n) is 8.26. The van der Waals surface area contributed by atoms with Crippen LogP contribution in [0.3, 0.4) is 0 Å². The van der Waals surface area contributed by atoms with Crippen molar-refractivity contribution in [3.05, 3.63) is 75.8 Å². The first-order valence-electron chi connectivity index (χ1n) is 10.4. The first-order chi connectivity index (χ1) is 14.3. The number of sulfone groups is 1. The number of aryl methyl sites for hydroxylation is 3. The average molecular weight is 441 g/mol. The number of hydrogen-bond acceptors (Lipinski definition) is 5. The Balaban J connectivity index is 1.40. The Morgan fingerprint density at radius 1 is 1.00 bits per heavy atom. The number of rotatable bonds is 5. The van der Waals surface area contributed by atoms with E-state index in [9.17, 15) is 8.42 Å². The summed E-state index contributed by atoms with van der Waals surface area (Å²) in [6, 6.07) is 13.8. The molecular weight excluding hydrogens is 412 g/mol. The molecule has 1 aliphatic rings. The molecule has 2 heterocycles. The Hall–Kier alpha value is -2.18. The molecule has 0 N–H and O–H groups in total. The van der Waals surface area contributed by atoms with Gasteiger partial charge in [0.15, 0.2) is 15.0 Å². The maximum Gasteiger partial charge on any atom is 0.185 e. The van der Waals surface area contributed by atoms with Gasteiger partial charge in [0, 0.05) is 24.9 Å². The van der Waals surface area contributed by atoms with Gasteiger partial charge in [0.25, 0.3) is 0 Å². The molecule has 0 amide bonds. The van der Waals surface area contributed by atoms with E-state index in [2.05, 4.69) is 42.3 Å². The molecule has 30 heavy (non-hydrogen) atoms. The highest BCUT2D eigenvalue weighted by atomic mass is 32.2. The van der Waals surface area contributed by atoms with Crippen molar-refractivity contribution in [1.29, 1.82) is 0 Å². The zero-order valence-corrected chi connectivity index (χ0v) is 19.4. The summed E-state index contributed by atoms with van der Waals surface area (Å²) in [6.45, 7) is 7.69. The van der Waals surface area contributed by atoms with Crippen LogP contribution in [-0.4, -0.2) is 31.7 Å². The van der Waals surface area contributed by atoms with Gasteiger partial charge in [0.2, 0.25) is 0 Å². The van der Waals surface area contributed by atoms with Crippen molar-refractivity contribution in [2.24, 2.45) is 0 Å². The van der Waals surface area contributed by atoms with Crippen LogP contribution in [0.25, 0.3) is 0 Å². The summed E-state index contributed by atoms with van der Waals surface area (Å²) < 4.78 is 25.9. The molecule has 1 aromatic heterocycles. The summed E-state index contributed by atoms with van der Waals surface area (Å²) in [7, 11) is -3.27. The van der Waals surface area contributed by atoms with E-state index in [4.69, 9.17) is 4.98 Å². The molecule has 0 spiro atoms. The van der Waals surface area contributed by atoms with Crippen LogP contribution in [0.1, 0.15) is 40.8 Å². The van der Waals surface area contributed by atoms with Gasteiger partial charge in [0.05, 0.1) is 15.8 Å². The summed E-state index contributed by atoms with van der Waals surface area (Å²) in [5, 5.41) is 2.81. The van der Waals surface area contributed by atoms with Crippen LogP contribution < -0.4 is 4.90 Å². The zero-order chi connectivity index (χ0) is 21.3.